The molecule has 0 amide bonds. The van der Waals surface area contributed by atoms with Crippen molar-refractivity contribution in [2.24, 2.45) is 0 Å². The maximum atomic E-state index is 2.42. The third-order valence-electron chi connectivity index (χ3n) is 9.31. The molecule has 2 nitrogen and oxygen atoms in total. The number of allylic oxidation sites excluding steroid dienone is 16. The van der Waals surface area contributed by atoms with Crippen molar-refractivity contribution >= 4 is 23.5 Å². The van der Waals surface area contributed by atoms with Gasteiger partial charge in [-0.2, -0.15) is 0 Å². The van der Waals surface area contributed by atoms with Crippen molar-refractivity contribution in [1.29, 1.82) is 0 Å². The Balaban J connectivity index is 0.993. The smallest absolute Gasteiger partial charge is 0.0458 e. The van der Waals surface area contributed by atoms with Gasteiger partial charge in [-0.25, -0.2) is 0 Å². The summed E-state index contributed by atoms with van der Waals surface area (Å²) in [5.74, 6) is 0. The van der Waals surface area contributed by atoms with E-state index in [0.717, 1.165) is 51.4 Å². The number of para-hydroxylation sites is 2. The number of hydrogen-bond acceptors (Lipinski definition) is 2. The van der Waals surface area contributed by atoms with Crippen LogP contribution in [0.1, 0.15) is 62.5 Å². The number of anilines is 2. The molecule has 0 radical (unpaired) electrons. The van der Waals surface area contributed by atoms with Gasteiger partial charge in [-0.3, -0.25) is 0 Å². The van der Waals surface area contributed by atoms with E-state index in [9.17, 15) is 0 Å². The van der Waals surface area contributed by atoms with Crippen molar-refractivity contribution in [3.8, 4) is 0 Å². The van der Waals surface area contributed by atoms with Crippen molar-refractivity contribution in [1.82, 2.24) is 0 Å². The Bertz CT molecular complexity index is 1750. The third-order valence-corrected chi connectivity index (χ3v) is 9.31. The fourth-order valence-corrected chi connectivity index (χ4v) is 6.71. The van der Waals surface area contributed by atoms with E-state index in [-0.39, 0.29) is 0 Å². The van der Waals surface area contributed by atoms with Gasteiger partial charge in [0.15, 0.2) is 0 Å². The summed E-state index contributed by atoms with van der Waals surface area (Å²) in [5.41, 5.74) is 12.9. The van der Waals surface area contributed by atoms with Gasteiger partial charge in [0.25, 0.3) is 0 Å². The van der Waals surface area contributed by atoms with Crippen molar-refractivity contribution in [3.63, 3.8) is 0 Å². The van der Waals surface area contributed by atoms with Gasteiger partial charge in [-0.15, -0.1) is 0 Å². The van der Waals surface area contributed by atoms with Crippen LogP contribution in [-0.2, 0) is 0 Å². The first-order chi connectivity index (χ1) is 23.8. The summed E-state index contributed by atoms with van der Waals surface area (Å²) in [6.45, 7) is 0. The largest absolute Gasteiger partial charge is 0.315 e. The lowest BCUT2D eigenvalue weighted by Crippen LogP contribution is -2.22. The molecule has 4 aliphatic rings. The van der Waals surface area contributed by atoms with Crippen LogP contribution in [-0.4, -0.2) is 0 Å². The highest BCUT2D eigenvalue weighted by Crippen LogP contribution is 2.34. The predicted octanol–water partition coefficient (Wildman–Crippen LogP) is 12.4. The van der Waals surface area contributed by atoms with Gasteiger partial charge in [0.2, 0.25) is 0 Å². The van der Waals surface area contributed by atoms with Crippen LogP contribution in [0.3, 0.4) is 0 Å². The Hall–Kier alpha value is -5.34. The highest BCUT2D eigenvalue weighted by atomic mass is 15.2. The van der Waals surface area contributed by atoms with Gasteiger partial charge >= 0.3 is 0 Å². The van der Waals surface area contributed by atoms with E-state index in [1.807, 2.05) is 0 Å². The summed E-state index contributed by atoms with van der Waals surface area (Å²) in [5, 5.41) is 0. The monoisotopic (exact) mass is 624 g/mol. The molecular weight excluding hydrogens is 581 g/mol. The second-order valence-corrected chi connectivity index (χ2v) is 12.7. The van der Waals surface area contributed by atoms with E-state index < -0.39 is 0 Å². The molecule has 0 bridgehead atoms. The summed E-state index contributed by atoms with van der Waals surface area (Å²) in [6, 6.07) is 30.4. The number of hydrogen-bond donors (Lipinski definition) is 0. The molecule has 0 atom stereocenters. The van der Waals surface area contributed by atoms with E-state index in [1.165, 1.54) is 56.4 Å². The van der Waals surface area contributed by atoms with Gasteiger partial charge in [-0.05, 0) is 122 Å². The Morgan fingerprint density at radius 3 is 1.21 bits per heavy atom. The molecule has 2 heteroatoms. The molecule has 0 N–H and O–H groups in total. The molecule has 0 unspecified atom stereocenters. The van der Waals surface area contributed by atoms with Gasteiger partial charge in [0.1, 0.15) is 0 Å². The van der Waals surface area contributed by atoms with Gasteiger partial charge in [0, 0.05) is 34.2 Å². The minimum Gasteiger partial charge on any atom is -0.315 e. The van der Waals surface area contributed by atoms with Crippen LogP contribution < -0.4 is 9.80 Å². The maximum Gasteiger partial charge on any atom is 0.0458 e. The minimum absolute atomic E-state index is 1.02. The average molecular weight is 625 g/mol. The molecule has 0 heterocycles. The second-order valence-electron chi connectivity index (χ2n) is 12.7. The normalized spacial score (nSPS) is 17.8. The van der Waals surface area contributed by atoms with Crippen molar-refractivity contribution < 1.29 is 0 Å². The molecule has 7 rings (SSSR count). The number of rotatable bonds is 10. The first-order valence-electron chi connectivity index (χ1n) is 17.5. The molecule has 0 fully saturated rings. The molecule has 0 aliphatic heterocycles. The highest BCUT2D eigenvalue weighted by molar-refractivity contribution is 5.65. The van der Waals surface area contributed by atoms with Crippen LogP contribution in [0.25, 0.3) is 12.2 Å². The van der Waals surface area contributed by atoms with Crippen molar-refractivity contribution in [2.75, 3.05) is 9.80 Å². The zero-order chi connectivity index (χ0) is 32.4. The van der Waals surface area contributed by atoms with Crippen LogP contribution in [0, 0.1) is 0 Å². The van der Waals surface area contributed by atoms with Crippen LogP contribution in [0.2, 0.25) is 0 Å². The Morgan fingerprint density at radius 2 is 0.854 bits per heavy atom. The molecule has 0 saturated carbocycles. The predicted molar refractivity (Wildman–Crippen MR) is 206 cm³/mol. The zero-order valence-electron chi connectivity index (χ0n) is 27.7. The molecule has 48 heavy (non-hydrogen) atoms. The average Bonchev–Trinajstić information content (AvgIpc) is 3.17. The number of nitrogens with zero attached hydrogens (tertiary/aromatic N) is 2. The van der Waals surface area contributed by atoms with Crippen LogP contribution in [0.4, 0.5) is 11.4 Å². The van der Waals surface area contributed by atoms with Gasteiger partial charge in [0.05, 0.1) is 0 Å². The van der Waals surface area contributed by atoms with E-state index >= 15 is 0 Å². The molecular formula is C46H44N2. The second kappa shape index (κ2) is 15.5. The Morgan fingerprint density at radius 1 is 0.417 bits per heavy atom. The van der Waals surface area contributed by atoms with E-state index in [2.05, 4.69) is 180 Å². The van der Waals surface area contributed by atoms with Crippen LogP contribution in [0.5, 0.6) is 0 Å². The van der Waals surface area contributed by atoms with Gasteiger partial charge < -0.3 is 9.80 Å². The van der Waals surface area contributed by atoms with Crippen molar-refractivity contribution in [2.45, 2.75) is 51.4 Å². The summed E-state index contributed by atoms with van der Waals surface area (Å²) >= 11 is 0. The summed E-state index contributed by atoms with van der Waals surface area (Å²) < 4.78 is 0. The first-order valence-corrected chi connectivity index (χ1v) is 17.5. The Labute approximate surface area is 286 Å². The van der Waals surface area contributed by atoms with Crippen molar-refractivity contribution in [3.05, 3.63) is 203 Å². The topological polar surface area (TPSA) is 6.48 Å². The zero-order valence-corrected chi connectivity index (χ0v) is 27.7. The molecule has 238 valence electrons. The summed E-state index contributed by atoms with van der Waals surface area (Å²) in [7, 11) is 0. The lowest BCUT2D eigenvalue weighted by atomic mass is 9.98. The van der Waals surface area contributed by atoms with E-state index in [1.54, 1.807) is 0 Å². The fraction of sp³-hybridized carbons (Fsp3) is 0.174. The fourth-order valence-electron chi connectivity index (χ4n) is 6.71. The first kappa shape index (κ1) is 31.3. The van der Waals surface area contributed by atoms with Gasteiger partial charge in [-0.1, -0.05) is 121 Å². The quantitative estimate of drug-likeness (QED) is 0.221. The lowest BCUT2D eigenvalue weighted by Gasteiger charge is -2.31. The van der Waals surface area contributed by atoms with Crippen LogP contribution in [0.15, 0.2) is 192 Å². The third kappa shape index (κ3) is 7.78. The summed E-state index contributed by atoms with van der Waals surface area (Å²) in [4.78, 5) is 4.84. The molecule has 0 aromatic heterocycles. The van der Waals surface area contributed by atoms with Crippen LogP contribution >= 0.6 is 0 Å². The van der Waals surface area contributed by atoms with E-state index in [4.69, 9.17) is 0 Å². The number of benzene rings is 3. The Kier molecular flexibility index (Phi) is 10.1. The molecule has 3 aromatic rings. The standard InChI is InChI=1S/C46H44N2/c1-5-13-41(14-6-1)47(42-15-7-2-8-16-42)45-33-29-39(30-34-45)27-25-37-21-23-38(24-22-37)26-28-40-31-35-46(36-32-40)48(43-17-9-3-10-18-43)44-19-11-4-12-20-44/h1,3,5-7,9-11,13-29,31,33,35H,2,4,8,12,30,32,34,36H2. The highest BCUT2D eigenvalue weighted by Gasteiger charge is 2.19. The molecule has 3 aromatic carbocycles. The lowest BCUT2D eigenvalue weighted by molar-refractivity contribution is 0.868. The SMILES string of the molecule is C1=CC(N(C2=CC=C(C=Cc3ccc(C=CC4=CC=C(N(C5=CCCC=C5)c5ccccc5)CC4)cc3)CC2)c2ccccc2)=CCC1. The molecule has 0 saturated heterocycles. The molecule has 0 spiro atoms. The summed E-state index contributed by atoms with van der Waals surface area (Å²) in [6.07, 6.45) is 40.6. The minimum atomic E-state index is 1.02. The van der Waals surface area contributed by atoms with E-state index in [0.29, 0.717) is 0 Å². The maximum absolute atomic E-state index is 2.42. The molecule has 4 aliphatic carbocycles.